The van der Waals surface area contributed by atoms with Crippen LogP contribution in [-0.2, 0) is 11.3 Å². The molecule has 0 radical (unpaired) electrons. The fourth-order valence-corrected chi connectivity index (χ4v) is 4.99. The molecule has 2 aromatic carbocycles. The number of ether oxygens (including phenoxy) is 1. The van der Waals surface area contributed by atoms with Gasteiger partial charge in [-0.15, -0.1) is 11.8 Å². The quantitative estimate of drug-likeness (QED) is 0.170. The summed E-state index contributed by atoms with van der Waals surface area (Å²) in [6.45, 7) is 1.60. The molecule has 1 heterocycles. The van der Waals surface area contributed by atoms with Gasteiger partial charge in [-0.3, -0.25) is 9.78 Å². The second kappa shape index (κ2) is 12.3. The number of carbonyl (C=O) groups excluding carboxylic acids is 1. The number of amides is 1. The first-order chi connectivity index (χ1) is 17.1. The van der Waals surface area contributed by atoms with Gasteiger partial charge in [0, 0.05) is 24.6 Å². The van der Waals surface area contributed by atoms with Gasteiger partial charge in [-0.1, -0.05) is 30.3 Å². The van der Waals surface area contributed by atoms with Crippen LogP contribution in [0.25, 0.3) is 0 Å². The first-order valence-corrected chi connectivity index (χ1v) is 12.1. The van der Waals surface area contributed by atoms with Crippen molar-refractivity contribution in [1.29, 1.82) is 0 Å². The van der Waals surface area contributed by atoms with Crippen LogP contribution in [-0.4, -0.2) is 29.2 Å². The summed E-state index contributed by atoms with van der Waals surface area (Å²) in [5.74, 6) is -7.78. The van der Waals surface area contributed by atoms with Crippen molar-refractivity contribution in [2.45, 2.75) is 37.5 Å². The lowest BCUT2D eigenvalue weighted by molar-refractivity contribution is -0.0373. The number of halogens is 5. The van der Waals surface area contributed by atoms with Gasteiger partial charge < -0.3 is 10.5 Å². The molecule has 0 saturated heterocycles. The number of nitrogens with two attached hydrogens (primary N) is 1. The van der Waals surface area contributed by atoms with Crippen molar-refractivity contribution in [3.63, 3.8) is 0 Å². The molecule has 2 N–H and O–H groups in total. The Morgan fingerprint density at radius 2 is 1.78 bits per heavy atom. The largest absolute Gasteiger partial charge is 0.377 e. The molecule has 1 aromatic heterocycles. The average molecular weight is 525 g/mol. The number of alkyl halides is 2. The van der Waals surface area contributed by atoms with Gasteiger partial charge >= 0.3 is 0 Å². The number of thioether (sulfide) groups is 1. The second-order valence-electron chi connectivity index (χ2n) is 8.19. The molecule has 0 aliphatic carbocycles. The molecule has 1 unspecified atom stereocenters. The Morgan fingerprint density at radius 3 is 2.44 bits per heavy atom. The molecule has 0 spiro atoms. The zero-order chi connectivity index (χ0) is 26.3. The molecule has 0 saturated carbocycles. The summed E-state index contributed by atoms with van der Waals surface area (Å²) >= 11 is 0.832. The number of benzene rings is 2. The van der Waals surface area contributed by atoms with Crippen LogP contribution in [0.5, 0.6) is 0 Å². The SMILES string of the molecule is Cc1cc(C(N)=O)ncc1C(SCCC(F)(F)CCOCc1ccccc1)c1c(F)ccc(F)c1F. The van der Waals surface area contributed by atoms with E-state index in [1.54, 1.807) is 6.92 Å². The number of hydrogen-bond donors (Lipinski definition) is 1. The predicted octanol–water partition coefficient (Wildman–Crippen LogP) is 6.36. The van der Waals surface area contributed by atoms with E-state index in [1.165, 1.54) is 12.3 Å². The number of pyridine rings is 1. The van der Waals surface area contributed by atoms with E-state index in [9.17, 15) is 26.7 Å². The van der Waals surface area contributed by atoms with E-state index < -0.39 is 52.9 Å². The highest BCUT2D eigenvalue weighted by Crippen LogP contribution is 2.41. The van der Waals surface area contributed by atoms with E-state index in [1.807, 2.05) is 30.3 Å². The van der Waals surface area contributed by atoms with Gasteiger partial charge in [-0.25, -0.2) is 22.0 Å². The monoisotopic (exact) mass is 524 g/mol. The van der Waals surface area contributed by atoms with Crippen molar-refractivity contribution in [1.82, 2.24) is 4.98 Å². The lowest BCUT2D eigenvalue weighted by atomic mass is 10.00. The Morgan fingerprint density at radius 1 is 1.08 bits per heavy atom. The fraction of sp³-hybridized carbons (Fsp3) is 0.308. The predicted molar refractivity (Wildman–Crippen MR) is 128 cm³/mol. The maximum Gasteiger partial charge on any atom is 0.267 e. The van der Waals surface area contributed by atoms with Crippen LogP contribution >= 0.6 is 11.8 Å². The summed E-state index contributed by atoms with van der Waals surface area (Å²) in [5, 5.41) is -1.18. The second-order valence-corrected chi connectivity index (χ2v) is 9.41. The number of primary amides is 1. The molecule has 1 atom stereocenters. The fourth-order valence-electron chi connectivity index (χ4n) is 3.52. The molecule has 0 bridgehead atoms. The number of carbonyl (C=O) groups is 1. The van der Waals surface area contributed by atoms with Crippen LogP contribution in [0.2, 0.25) is 0 Å². The number of aromatic nitrogens is 1. The molecule has 192 valence electrons. The highest BCUT2D eigenvalue weighted by Gasteiger charge is 2.31. The summed E-state index contributed by atoms with van der Waals surface area (Å²) in [6, 6.07) is 11.9. The van der Waals surface area contributed by atoms with E-state index in [0.29, 0.717) is 11.6 Å². The summed E-state index contributed by atoms with van der Waals surface area (Å²) in [6.07, 6.45) is 0.0847. The molecule has 10 heteroatoms. The average Bonchev–Trinajstić information content (AvgIpc) is 2.84. The van der Waals surface area contributed by atoms with E-state index in [-0.39, 0.29) is 30.2 Å². The molecule has 4 nitrogen and oxygen atoms in total. The van der Waals surface area contributed by atoms with Gasteiger partial charge in [0.1, 0.15) is 11.5 Å². The van der Waals surface area contributed by atoms with Gasteiger partial charge in [0.25, 0.3) is 11.8 Å². The van der Waals surface area contributed by atoms with Gasteiger partial charge in [-0.05, 0) is 47.6 Å². The lowest BCUT2D eigenvalue weighted by Crippen LogP contribution is -2.20. The minimum Gasteiger partial charge on any atom is -0.377 e. The minimum absolute atomic E-state index is 0.0674. The normalized spacial score (nSPS) is 12.5. The van der Waals surface area contributed by atoms with Crippen LogP contribution in [0.1, 0.15) is 50.8 Å². The molecule has 0 aliphatic heterocycles. The van der Waals surface area contributed by atoms with Crippen LogP contribution in [0.4, 0.5) is 22.0 Å². The van der Waals surface area contributed by atoms with Crippen molar-refractivity contribution in [3.8, 4) is 0 Å². The highest BCUT2D eigenvalue weighted by atomic mass is 32.2. The Bertz CT molecular complexity index is 1190. The first kappa shape index (κ1) is 27.6. The van der Waals surface area contributed by atoms with Crippen LogP contribution < -0.4 is 5.73 Å². The number of aryl methyl sites for hydroxylation is 1. The van der Waals surface area contributed by atoms with Gasteiger partial charge in [0.05, 0.1) is 18.5 Å². The van der Waals surface area contributed by atoms with E-state index >= 15 is 0 Å². The van der Waals surface area contributed by atoms with E-state index in [0.717, 1.165) is 23.4 Å². The zero-order valence-corrected chi connectivity index (χ0v) is 20.3. The molecule has 0 fully saturated rings. The summed E-state index contributed by atoms with van der Waals surface area (Å²) in [5.41, 5.74) is 6.08. The van der Waals surface area contributed by atoms with Crippen LogP contribution in [0, 0.1) is 24.4 Å². The van der Waals surface area contributed by atoms with Crippen molar-refractivity contribution >= 4 is 17.7 Å². The maximum absolute atomic E-state index is 14.7. The standard InChI is InChI=1S/C26H25F5N2O2S/c1-16-13-21(25(32)34)33-14-18(16)24(22-19(27)7-8-20(28)23(22)29)36-12-10-26(30,31)9-11-35-15-17-5-3-2-4-6-17/h2-8,13-14,24H,9-12,15H2,1H3,(H2,32,34). The van der Waals surface area contributed by atoms with Crippen molar-refractivity contribution < 1.29 is 31.5 Å². The summed E-state index contributed by atoms with van der Waals surface area (Å²) < 4.78 is 77.5. The topological polar surface area (TPSA) is 65.2 Å². The van der Waals surface area contributed by atoms with Gasteiger partial charge in [0.15, 0.2) is 11.6 Å². The van der Waals surface area contributed by atoms with Crippen LogP contribution in [0.3, 0.4) is 0 Å². The number of rotatable bonds is 12. The lowest BCUT2D eigenvalue weighted by Gasteiger charge is -2.22. The first-order valence-electron chi connectivity index (χ1n) is 11.1. The summed E-state index contributed by atoms with van der Waals surface area (Å²) in [7, 11) is 0. The third-order valence-corrected chi connectivity index (χ3v) is 6.77. The van der Waals surface area contributed by atoms with Crippen molar-refractivity contribution in [2.24, 2.45) is 5.73 Å². The summed E-state index contributed by atoms with van der Waals surface area (Å²) in [4.78, 5) is 15.3. The molecular formula is C26H25F5N2O2S. The number of hydrogen-bond acceptors (Lipinski definition) is 4. The maximum atomic E-state index is 14.7. The molecule has 1 amide bonds. The van der Waals surface area contributed by atoms with Gasteiger partial charge in [-0.2, -0.15) is 0 Å². The van der Waals surface area contributed by atoms with Crippen molar-refractivity contribution in [2.75, 3.05) is 12.4 Å². The number of nitrogens with zero attached hydrogens (tertiary/aromatic N) is 1. The Hall–Kier alpha value is -2.98. The Balaban J connectivity index is 1.71. The third kappa shape index (κ3) is 7.27. The molecule has 0 aliphatic rings. The third-order valence-electron chi connectivity index (χ3n) is 5.50. The molecule has 3 rings (SSSR count). The Kier molecular flexibility index (Phi) is 9.44. The Labute approximate surface area is 210 Å². The molecule has 36 heavy (non-hydrogen) atoms. The van der Waals surface area contributed by atoms with Gasteiger partial charge in [0.2, 0.25) is 0 Å². The van der Waals surface area contributed by atoms with E-state index in [2.05, 4.69) is 4.98 Å². The highest BCUT2D eigenvalue weighted by molar-refractivity contribution is 7.99. The molecular weight excluding hydrogens is 499 g/mol. The molecule has 3 aromatic rings. The minimum atomic E-state index is -3.09. The van der Waals surface area contributed by atoms with E-state index in [4.69, 9.17) is 10.5 Å². The smallest absolute Gasteiger partial charge is 0.267 e. The van der Waals surface area contributed by atoms with Crippen LogP contribution in [0.15, 0.2) is 54.7 Å². The van der Waals surface area contributed by atoms with Crippen molar-refractivity contribution in [3.05, 3.63) is 100 Å². The zero-order valence-electron chi connectivity index (χ0n) is 19.4.